The molecular weight excluding hydrogens is 290 g/mol. The summed E-state index contributed by atoms with van der Waals surface area (Å²) in [5.41, 5.74) is 3.14. The van der Waals surface area contributed by atoms with Gasteiger partial charge in [-0.3, -0.25) is 4.99 Å². The number of rotatable bonds is 5. The molecule has 0 radical (unpaired) electrons. The first-order chi connectivity index (χ1) is 10.3. The van der Waals surface area contributed by atoms with Crippen LogP contribution in [0.1, 0.15) is 36.8 Å². The molecule has 0 aliphatic carbocycles. The maximum Gasteiger partial charge on any atom is 0.242 e. The van der Waals surface area contributed by atoms with E-state index in [0.717, 1.165) is 28.3 Å². The average Bonchev–Trinajstić information content (AvgIpc) is 2.83. The first-order valence-electron chi connectivity index (χ1n) is 7.65. The Morgan fingerprint density at radius 2 is 1.86 bits per heavy atom. The first-order valence-corrected chi connectivity index (χ1v) is 11.1. The summed E-state index contributed by atoms with van der Waals surface area (Å²) in [5, 5.41) is 0. The van der Waals surface area contributed by atoms with Gasteiger partial charge in [-0.05, 0) is 58.1 Å². The van der Waals surface area contributed by atoms with Crippen molar-refractivity contribution in [3.05, 3.63) is 53.5 Å². The Balaban J connectivity index is 2.30. The second-order valence-electron chi connectivity index (χ2n) is 6.58. The maximum absolute atomic E-state index is 6.20. The summed E-state index contributed by atoms with van der Waals surface area (Å²) in [6, 6.07) is 10.2. The fraction of sp³-hybridized carbons (Fsp3) is 0.389. The van der Waals surface area contributed by atoms with Crippen LogP contribution in [0.2, 0.25) is 19.6 Å². The molecule has 1 aromatic carbocycles. The highest BCUT2D eigenvalue weighted by Crippen LogP contribution is 2.30. The zero-order valence-electron chi connectivity index (χ0n) is 14.3. The van der Waals surface area contributed by atoms with Crippen LogP contribution in [-0.2, 0) is 0 Å². The van der Waals surface area contributed by atoms with Gasteiger partial charge < -0.3 is 8.84 Å². The summed E-state index contributed by atoms with van der Waals surface area (Å²) in [4.78, 5) is 4.80. The largest absolute Gasteiger partial charge is 0.544 e. The minimum Gasteiger partial charge on any atom is -0.544 e. The van der Waals surface area contributed by atoms with Gasteiger partial charge in [0, 0.05) is 5.56 Å². The van der Waals surface area contributed by atoms with Gasteiger partial charge in [0.15, 0.2) is 0 Å². The lowest BCUT2D eigenvalue weighted by atomic mass is 10.1. The van der Waals surface area contributed by atoms with Crippen LogP contribution < -0.4 is 4.43 Å². The summed E-state index contributed by atoms with van der Waals surface area (Å²) in [6.07, 6.45) is 1.70. The molecule has 3 nitrogen and oxygen atoms in total. The molecule has 0 aliphatic heterocycles. The molecule has 4 heteroatoms. The van der Waals surface area contributed by atoms with Crippen LogP contribution in [0.5, 0.6) is 5.75 Å². The van der Waals surface area contributed by atoms with E-state index in [0.29, 0.717) is 0 Å². The molecule has 0 aliphatic rings. The predicted octanol–water partition coefficient (Wildman–Crippen LogP) is 5.37. The number of hydrogen-bond acceptors (Lipinski definition) is 3. The highest BCUT2D eigenvalue weighted by atomic mass is 28.4. The van der Waals surface area contributed by atoms with Gasteiger partial charge in [-0.25, -0.2) is 0 Å². The Labute approximate surface area is 134 Å². The number of aliphatic imine (C=N–C) groups is 1. The van der Waals surface area contributed by atoms with Gasteiger partial charge in [0.05, 0.1) is 18.0 Å². The zero-order valence-corrected chi connectivity index (χ0v) is 15.3. The lowest BCUT2D eigenvalue weighted by Crippen LogP contribution is -2.29. The molecule has 1 aromatic heterocycles. The number of para-hydroxylation sites is 1. The second-order valence-corrected chi connectivity index (χ2v) is 11.0. The monoisotopic (exact) mass is 315 g/mol. The molecule has 0 saturated heterocycles. The number of furan rings is 1. The van der Waals surface area contributed by atoms with Crippen molar-refractivity contribution in [3.8, 4) is 5.75 Å². The predicted molar refractivity (Wildman–Crippen MR) is 94.5 cm³/mol. The SMILES string of the molecule is CC(=NC(C)c1ccccc1O[Si](C)(C)C)c1occc1C. The first kappa shape index (κ1) is 16.6. The molecule has 0 fully saturated rings. The zero-order chi connectivity index (χ0) is 16.3. The fourth-order valence-electron chi connectivity index (χ4n) is 2.41. The molecule has 1 atom stereocenters. The van der Waals surface area contributed by atoms with Crippen molar-refractivity contribution in [1.82, 2.24) is 0 Å². The van der Waals surface area contributed by atoms with Crippen LogP contribution in [-0.4, -0.2) is 14.0 Å². The smallest absolute Gasteiger partial charge is 0.242 e. The standard InChI is InChI=1S/C18H25NO2Si/c1-13-11-12-20-18(13)15(3)19-14(2)16-9-7-8-10-17(16)21-22(4,5)6/h7-12,14H,1-6H3. The van der Waals surface area contributed by atoms with Gasteiger partial charge >= 0.3 is 0 Å². The van der Waals surface area contributed by atoms with Crippen LogP contribution in [0.15, 0.2) is 46.0 Å². The molecule has 118 valence electrons. The van der Waals surface area contributed by atoms with E-state index >= 15 is 0 Å². The number of benzene rings is 1. The summed E-state index contributed by atoms with van der Waals surface area (Å²) < 4.78 is 11.7. The van der Waals surface area contributed by atoms with Crippen molar-refractivity contribution >= 4 is 14.0 Å². The van der Waals surface area contributed by atoms with Gasteiger partial charge in [-0.1, -0.05) is 18.2 Å². The molecule has 2 rings (SSSR count). The molecule has 0 bridgehead atoms. The third-order valence-corrected chi connectivity index (χ3v) is 4.20. The lowest BCUT2D eigenvalue weighted by molar-refractivity contribution is 0.540. The van der Waals surface area contributed by atoms with Gasteiger partial charge in [0.1, 0.15) is 11.5 Å². The van der Waals surface area contributed by atoms with E-state index in [-0.39, 0.29) is 6.04 Å². The van der Waals surface area contributed by atoms with E-state index < -0.39 is 8.32 Å². The van der Waals surface area contributed by atoms with Crippen LogP contribution >= 0.6 is 0 Å². The molecule has 0 spiro atoms. The van der Waals surface area contributed by atoms with Crippen LogP contribution in [0, 0.1) is 6.92 Å². The summed E-state index contributed by atoms with van der Waals surface area (Å²) >= 11 is 0. The third-order valence-electron chi connectivity index (χ3n) is 3.36. The Hall–Kier alpha value is -1.81. The molecule has 0 N–H and O–H groups in total. The molecule has 0 amide bonds. The quantitative estimate of drug-likeness (QED) is 0.549. The van der Waals surface area contributed by atoms with Gasteiger partial charge in [0.25, 0.3) is 0 Å². The van der Waals surface area contributed by atoms with Gasteiger partial charge in [-0.2, -0.15) is 0 Å². The Morgan fingerprint density at radius 3 is 2.45 bits per heavy atom. The van der Waals surface area contributed by atoms with Crippen molar-refractivity contribution in [2.75, 3.05) is 0 Å². The van der Waals surface area contributed by atoms with Gasteiger partial charge in [0.2, 0.25) is 8.32 Å². The van der Waals surface area contributed by atoms with Crippen molar-refractivity contribution in [2.24, 2.45) is 4.99 Å². The number of hydrogen-bond donors (Lipinski definition) is 0. The van der Waals surface area contributed by atoms with E-state index in [1.54, 1.807) is 6.26 Å². The van der Waals surface area contributed by atoms with Crippen LogP contribution in [0.4, 0.5) is 0 Å². The minimum atomic E-state index is -1.64. The number of aryl methyl sites for hydroxylation is 1. The second kappa shape index (κ2) is 6.52. The topological polar surface area (TPSA) is 34.7 Å². The molecule has 0 saturated carbocycles. The Morgan fingerprint density at radius 1 is 1.18 bits per heavy atom. The highest BCUT2D eigenvalue weighted by molar-refractivity contribution is 6.70. The molecule has 2 aromatic rings. The Kier molecular flexibility index (Phi) is 4.91. The molecule has 22 heavy (non-hydrogen) atoms. The summed E-state index contributed by atoms with van der Waals surface area (Å²) in [5.74, 6) is 1.80. The van der Waals surface area contributed by atoms with Crippen molar-refractivity contribution in [2.45, 2.75) is 46.5 Å². The van der Waals surface area contributed by atoms with Crippen LogP contribution in [0.3, 0.4) is 0 Å². The summed E-state index contributed by atoms with van der Waals surface area (Å²) in [7, 11) is -1.64. The average molecular weight is 315 g/mol. The molecule has 1 heterocycles. The van der Waals surface area contributed by atoms with Crippen molar-refractivity contribution in [1.29, 1.82) is 0 Å². The van der Waals surface area contributed by atoms with Gasteiger partial charge in [-0.15, -0.1) is 0 Å². The maximum atomic E-state index is 6.20. The van der Waals surface area contributed by atoms with E-state index in [9.17, 15) is 0 Å². The van der Waals surface area contributed by atoms with E-state index in [1.807, 2.05) is 38.1 Å². The molecular formula is C18H25NO2Si. The lowest BCUT2D eigenvalue weighted by Gasteiger charge is -2.23. The fourth-order valence-corrected chi connectivity index (χ4v) is 3.26. The molecule has 1 unspecified atom stereocenters. The van der Waals surface area contributed by atoms with E-state index in [4.69, 9.17) is 13.8 Å². The minimum absolute atomic E-state index is 0.0250. The van der Waals surface area contributed by atoms with Crippen molar-refractivity contribution < 1.29 is 8.84 Å². The number of nitrogens with zero attached hydrogens (tertiary/aromatic N) is 1. The highest BCUT2D eigenvalue weighted by Gasteiger charge is 2.20. The van der Waals surface area contributed by atoms with Crippen molar-refractivity contribution in [3.63, 3.8) is 0 Å². The summed E-state index contributed by atoms with van der Waals surface area (Å²) in [6.45, 7) is 12.7. The third kappa shape index (κ3) is 4.10. The Bertz CT molecular complexity index is 668. The van der Waals surface area contributed by atoms with Crippen LogP contribution in [0.25, 0.3) is 0 Å². The van der Waals surface area contributed by atoms with E-state index in [2.05, 4.69) is 32.6 Å². The normalized spacial score (nSPS) is 14.0. The van der Waals surface area contributed by atoms with E-state index in [1.165, 1.54) is 0 Å².